The number of aromatic nitrogens is 2. The highest BCUT2D eigenvalue weighted by molar-refractivity contribution is 5.32. The van der Waals surface area contributed by atoms with Crippen LogP contribution < -0.4 is 15.4 Å². The maximum absolute atomic E-state index is 5.83. The number of piperidine rings is 1. The molecule has 2 rings (SSSR count). The van der Waals surface area contributed by atoms with Crippen LogP contribution in [0.3, 0.4) is 0 Å². The summed E-state index contributed by atoms with van der Waals surface area (Å²) in [6.45, 7) is 1.88. The molecule has 0 spiro atoms. The van der Waals surface area contributed by atoms with Crippen LogP contribution in [-0.2, 0) is 0 Å². The van der Waals surface area contributed by atoms with Gasteiger partial charge in [0, 0.05) is 19.1 Å². The number of nitrogens with zero attached hydrogens (tertiary/aromatic N) is 3. The van der Waals surface area contributed by atoms with Gasteiger partial charge in [-0.15, -0.1) is 0 Å². The second-order valence-electron chi connectivity index (χ2n) is 3.75. The summed E-state index contributed by atoms with van der Waals surface area (Å²) in [6, 6.07) is 0.333. The van der Waals surface area contributed by atoms with E-state index in [2.05, 4.69) is 14.9 Å². The van der Waals surface area contributed by atoms with Gasteiger partial charge in [0.2, 0.25) is 5.95 Å². The molecular weight excluding hydrogens is 192 g/mol. The predicted molar refractivity (Wildman–Crippen MR) is 58.0 cm³/mol. The third kappa shape index (κ3) is 2.36. The van der Waals surface area contributed by atoms with E-state index in [0.29, 0.717) is 11.8 Å². The van der Waals surface area contributed by atoms with Crippen molar-refractivity contribution in [1.29, 1.82) is 0 Å². The quantitative estimate of drug-likeness (QED) is 0.762. The first-order valence-electron chi connectivity index (χ1n) is 5.16. The largest absolute Gasteiger partial charge is 0.494 e. The Hall–Kier alpha value is -1.36. The Morgan fingerprint density at radius 1 is 1.33 bits per heavy atom. The smallest absolute Gasteiger partial charge is 0.225 e. The molecule has 1 aliphatic rings. The molecule has 1 aromatic rings. The van der Waals surface area contributed by atoms with Gasteiger partial charge in [0.25, 0.3) is 0 Å². The van der Waals surface area contributed by atoms with E-state index >= 15 is 0 Å². The van der Waals surface area contributed by atoms with Gasteiger partial charge in [0.05, 0.1) is 19.5 Å². The lowest BCUT2D eigenvalue weighted by Gasteiger charge is -2.29. The molecule has 0 amide bonds. The zero-order valence-corrected chi connectivity index (χ0v) is 8.89. The Bertz CT molecular complexity index is 306. The van der Waals surface area contributed by atoms with Gasteiger partial charge in [-0.1, -0.05) is 0 Å². The van der Waals surface area contributed by atoms with E-state index in [1.807, 2.05) is 0 Å². The van der Waals surface area contributed by atoms with E-state index in [1.54, 1.807) is 19.5 Å². The Kier molecular flexibility index (Phi) is 3.01. The summed E-state index contributed by atoms with van der Waals surface area (Å²) in [5.74, 6) is 1.45. The number of methoxy groups -OCH3 is 1. The highest BCUT2D eigenvalue weighted by atomic mass is 16.5. The molecule has 1 aromatic heterocycles. The molecule has 0 radical (unpaired) electrons. The third-order valence-electron chi connectivity index (χ3n) is 2.67. The fraction of sp³-hybridized carbons (Fsp3) is 0.600. The van der Waals surface area contributed by atoms with Crippen molar-refractivity contribution in [3.05, 3.63) is 12.4 Å². The molecule has 0 atom stereocenters. The molecule has 82 valence electrons. The molecule has 5 nitrogen and oxygen atoms in total. The summed E-state index contributed by atoms with van der Waals surface area (Å²) in [5, 5.41) is 0. The number of rotatable bonds is 2. The molecule has 1 saturated heterocycles. The van der Waals surface area contributed by atoms with Crippen molar-refractivity contribution in [2.75, 3.05) is 25.1 Å². The maximum Gasteiger partial charge on any atom is 0.225 e. The van der Waals surface area contributed by atoms with Gasteiger partial charge in [-0.2, -0.15) is 0 Å². The van der Waals surface area contributed by atoms with Crippen molar-refractivity contribution >= 4 is 5.95 Å². The Morgan fingerprint density at radius 2 is 1.93 bits per heavy atom. The van der Waals surface area contributed by atoms with Crippen LogP contribution in [0.25, 0.3) is 0 Å². The summed E-state index contributed by atoms with van der Waals surface area (Å²) in [6.07, 6.45) is 5.40. The van der Waals surface area contributed by atoms with Crippen LogP contribution in [0.2, 0.25) is 0 Å². The van der Waals surface area contributed by atoms with Crippen LogP contribution in [0.5, 0.6) is 5.75 Å². The number of hydrogen-bond donors (Lipinski definition) is 1. The third-order valence-corrected chi connectivity index (χ3v) is 2.67. The Morgan fingerprint density at radius 3 is 2.47 bits per heavy atom. The van der Waals surface area contributed by atoms with Gasteiger partial charge in [0.15, 0.2) is 5.75 Å². The molecule has 0 saturated carbocycles. The Balaban J connectivity index is 2.03. The van der Waals surface area contributed by atoms with Gasteiger partial charge in [0.1, 0.15) is 0 Å². The van der Waals surface area contributed by atoms with Crippen LogP contribution in [0.1, 0.15) is 12.8 Å². The minimum Gasteiger partial charge on any atom is -0.494 e. The van der Waals surface area contributed by atoms with Crippen LogP contribution in [-0.4, -0.2) is 36.2 Å². The molecular formula is C10H16N4O. The van der Waals surface area contributed by atoms with Crippen LogP contribution in [0.4, 0.5) is 5.95 Å². The van der Waals surface area contributed by atoms with E-state index < -0.39 is 0 Å². The second-order valence-corrected chi connectivity index (χ2v) is 3.75. The molecule has 1 aliphatic heterocycles. The summed E-state index contributed by atoms with van der Waals surface area (Å²) in [4.78, 5) is 10.7. The monoisotopic (exact) mass is 208 g/mol. The van der Waals surface area contributed by atoms with Crippen molar-refractivity contribution in [2.24, 2.45) is 5.73 Å². The van der Waals surface area contributed by atoms with Crippen molar-refractivity contribution in [1.82, 2.24) is 9.97 Å². The van der Waals surface area contributed by atoms with Crippen LogP contribution in [0.15, 0.2) is 12.4 Å². The standard InChI is InChI=1S/C10H16N4O/c1-15-9-6-12-10(13-7-9)14-4-2-8(11)3-5-14/h6-8H,2-5,11H2,1H3. The lowest BCUT2D eigenvalue weighted by Crippen LogP contribution is -2.40. The number of ether oxygens (including phenoxy) is 1. The van der Waals surface area contributed by atoms with E-state index in [-0.39, 0.29) is 0 Å². The Labute approximate surface area is 89.3 Å². The number of hydrogen-bond acceptors (Lipinski definition) is 5. The molecule has 0 aliphatic carbocycles. The fourth-order valence-corrected chi connectivity index (χ4v) is 1.68. The fourth-order valence-electron chi connectivity index (χ4n) is 1.68. The van der Waals surface area contributed by atoms with Crippen LogP contribution in [0, 0.1) is 0 Å². The molecule has 2 N–H and O–H groups in total. The van der Waals surface area contributed by atoms with Crippen molar-refractivity contribution in [2.45, 2.75) is 18.9 Å². The average Bonchev–Trinajstić information content (AvgIpc) is 2.30. The number of anilines is 1. The lowest BCUT2D eigenvalue weighted by molar-refractivity contribution is 0.410. The first kappa shape index (κ1) is 10.2. The van der Waals surface area contributed by atoms with Crippen LogP contribution >= 0.6 is 0 Å². The van der Waals surface area contributed by atoms with E-state index in [0.717, 1.165) is 31.9 Å². The summed E-state index contributed by atoms with van der Waals surface area (Å²) >= 11 is 0. The van der Waals surface area contributed by atoms with Gasteiger partial charge in [-0.25, -0.2) is 9.97 Å². The van der Waals surface area contributed by atoms with Crippen molar-refractivity contribution in [3.8, 4) is 5.75 Å². The summed E-state index contributed by atoms with van der Waals surface area (Å²) in [5.41, 5.74) is 5.83. The minimum atomic E-state index is 0.333. The molecule has 15 heavy (non-hydrogen) atoms. The zero-order chi connectivity index (χ0) is 10.7. The summed E-state index contributed by atoms with van der Waals surface area (Å²) < 4.78 is 5.01. The molecule has 5 heteroatoms. The lowest BCUT2D eigenvalue weighted by atomic mass is 10.1. The molecule has 2 heterocycles. The molecule has 1 fully saturated rings. The van der Waals surface area contributed by atoms with Gasteiger partial charge >= 0.3 is 0 Å². The van der Waals surface area contributed by atoms with E-state index in [9.17, 15) is 0 Å². The summed E-state index contributed by atoms with van der Waals surface area (Å²) in [7, 11) is 1.61. The molecule has 0 aromatic carbocycles. The topological polar surface area (TPSA) is 64.3 Å². The zero-order valence-electron chi connectivity index (χ0n) is 8.89. The van der Waals surface area contributed by atoms with E-state index in [4.69, 9.17) is 10.5 Å². The van der Waals surface area contributed by atoms with Gasteiger partial charge in [-0.05, 0) is 12.8 Å². The second kappa shape index (κ2) is 4.44. The maximum atomic E-state index is 5.83. The normalized spacial score (nSPS) is 17.9. The SMILES string of the molecule is COc1cnc(N2CCC(N)CC2)nc1. The first-order valence-corrected chi connectivity index (χ1v) is 5.16. The van der Waals surface area contributed by atoms with Gasteiger partial charge in [-0.3, -0.25) is 0 Å². The van der Waals surface area contributed by atoms with Crippen molar-refractivity contribution in [3.63, 3.8) is 0 Å². The highest BCUT2D eigenvalue weighted by Crippen LogP contribution is 2.16. The van der Waals surface area contributed by atoms with E-state index in [1.165, 1.54) is 0 Å². The van der Waals surface area contributed by atoms with Gasteiger partial charge < -0.3 is 15.4 Å². The molecule has 0 bridgehead atoms. The number of nitrogens with two attached hydrogens (primary N) is 1. The highest BCUT2D eigenvalue weighted by Gasteiger charge is 2.17. The molecule has 0 unspecified atom stereocenters. The first-order chi connectivity index (χ1) is 7.29. The van der Waals surface area contributed by atoms with Crippen molar-refractivity contribution < 1.29 is 4.74 Å². The predicted octanol–water partition coefficient (Wildman–Crippen LogP) is 0.413. The average molecular weight is 208 g/mol. The minimum absolute atomic E-state index is 0.333.